The van der Waals surface area contributed by atoms with Gasteiger partial charge in [-0.05, 0) is 24.3 Å². The number of hydrogen-bond donors (Lipinski definition) is 2. The molecule has 0 spiro atoms. The fourth-order valence-electron chi connectivity index (χ4n) is 1.29. The number of ether oxygens (including phenoxy) is 1. The van der Waals surface area contributed by atoms with Crippen molar-refractivity contribution < 1.29 is 9.53 Å². The van der Waals surface area contributed by atoms with E-state index in [0.29, 0.717) is 18.9 Å². The molecular weight excluding hydrogens is 296 g/mol. The van der Waals surface area contributed by atoms with Crippen molar-refractivity contribution in [3.63, 3.8) is 0 Å². The number of thioether (sulfide) groups is 1. The topological polar surface area (TPSA) is 64.3 Å². The third kappa shape index (κ3) is 8.30. The molecule has 1 amide bonds. The van der Waals surface area contributed by atoms with E-state index < -0.39 is 0 Å². The second-order valence-corrected chi connectivity index (χ2v) is 6.91. The molecule has 0 aliphatic carbocycles. The van der Waals surface area contributed by atoms with Crippen molar-refractivity contribution in [1.82, 2.24) is 0 Å². The van der Waals surface area contributed by atoms with Gasteiger partial charge in [-0.1, -0.05) is 20.8 Å². The third-order valence-electron chi connectivity index (χ3n) is 2.16. The van der Waals surface area contributed by atoms with E-state index in [1.54, 1.807) is 11.8 Å². The highest BCUT2D eigenvalue weighted by Crippen LogP contribution is 2.23. The lowest BCUT2D eigenvalue weighted by Gasteiger charge is -2.17. The van der Waals surface area contributed by atoms with Gasteiger partial charge >= 0.3 is 0 Å². The predicted octanol–water partition coefficient (Wildman–Crippen LogP) is 2.92. The van der Waals surface area contributed by atoms with Crippen molar-refractivity contribution in [3.8, 4) is 5.75 Å². The van der Waals surface area contributed by atoms with E-state index in [9.17, 15) is 4.79 Å². The number of carbonyl (C=O) groups excluding carboxylic acids is 1. The molecule has 4 nitrogen and oxygen atoms in total. The van der Waals surface area contributed by atoms with E-state index in [-0.39, 0.29) is 23.1 Å². The highest BCUT2D eigenvalue weighted by molar-refractivity contribution is 8.01. The molecule has 0 aliphatic heterocycles. The lowest BCUT2D eigenvalue weighted by atomic mass is 10.3. The SMILES string of the molecule is CC(C)(C)SCC(=O)Nc1ccc(OCCN)cc1.Cl. The Morgan fingerprint density at radius 3 is 2.40 bits per heavy atom. The molecule has 0 aliphatic rings. The maximum Gasteiger partial charge on any atom is 0.234 e. The van der Waals surface area contributed by atoms with Crippen LogP contribution < -0.4 is 15.8 Å². The van der Waals surface area contributed by atoms with Crippen molar-refractivity contribution in [1.29, 1.82) is 0 Å². The molecule has 114 valence electrons. The molecular formula is C14H23ClN2O2S. The van der Waals surface area contributed by atoms with Crippen LogP contribution in [0.3, 0.4) is 0 Å². The summed E-state index contributed by atoms with van der Waals surface area (Å²) in [5, 5.41) is 2.86. The zero-order valence-corrected chi connectivity index (χ0v) is 13.8. The summed E-state index contributed by atoms with van der Waals surface area (Å²) in [4.78, 5) is 11.7. The smallest absolute Gasteiger partial charge is 0.234 e. The van der Waals surface area contributed by atoms with Crippen LogP contribution in [-0.2, 0) is 4.79 Å². The lowest BCUT2D eigenvalue weighted by molar-refractivity contribution is -0.113. The number of carbonyl (C=O) groups is 1. The number of benzene rings is 1. The molecule has 1 rings (SSSR count). The van der Waals surface area contributed by atoms with Crippen LogP contribution in [0.1, 0.15) is 20.8 Å². The van der Waals surface area contributed by atoms with Crippen molar-refractivity contribution in [2.45, 2.75) is 25.5 Å². The van der Waals surface area contributed by atoms with Crippen LogP contribution >= 0.6 is 24.2 Å². The fraction of sp³-hybridized carbons (Fsp3) is 0.500. The summed E-state index contributed by atoms with van der Waals surface area (Å²) in [6.07, 6.45) is 0. The summed E-state index contributed by atoms with van der Waals surface area (Å²) < 4.78 is 5.46. The van der Waals surface area contributed by atoms with Gasteiger partial charge in [0, 0.05) is 17.0 Å². The molecule has 0 radical (unpaired) electrons. The second-order valence-electron chi connectivity index (χ2n) is 5.11. The van der Waals surface area contributed by atoms with Gasteiger partial charge in [-0.2, -0.15) is 0 Å². The van der Waals surface area contributed by atoms with Gasteiger partial charge in [-0.3, -0.25) is 4.79 Å². The van der Waals surface area contributed by atoms with Gasteiger partial charge in [0.2, 0.25) is 5.91 Å². The molecule has 0 aromatic heterocycles. The number of anilines is 1. The summed E-state index contributed by atoms with van der Waals surface area (Å²) in [6, 6.07) is 7.29. The van der Waals surface area contributed by atoms with Gasteiger partial charge in [0.15, 0.2) is 0 Å². The summed E-state index contributed by atoms with van der Waals surface area (Å²) in [7, 11) is 0. The molecule has 3 N–H and O–H groups in total. The van der Waals surface area contributed by atoms with E-state index in [0.717, 1.165) is 11.4 Å². The number of nitrogens with two attached hydrogens (primary N) is 1. The van der Waals surface area contributed by atoms with Crippen LogP contribution in [0.25, 0.3) is 0 Å². The normalized spacial score (nSPS) is 10.6. The monoisotopic (exact) mass is 318 g/mol. The van der Waals surface area contributed by atoms with E-state index in [4.69, 9.17) is 10.5 Å². The van der Waals surface area contributed by atoms with Crippen LogP contribution in [-0.4, -0.2) is 29.6 Å². The summed E-state index contributed by atoms with van der Waals surface area (Å²) in [5.74, 6) is 1.22. The Balaban J connectivity index is 0.00000361. The van der Waals surface area contributed by atoms with Crippen LogP contribution in [0, 0.1) is 0 Å². The van der Waals surface area contributed by atoms with Crippen molar-refractivity contribution in [3.05, 3.63) is 24.3 Å². The van der Waals surface area contributed by atoms with Gasteiger partial charge < -0.3 is 15.8 Å². The Morgan fingerprint density at radius 2 is 1.90 bits per heavy atom. The Morgan fingerprint density at radius 1 is 1.30 bits per heavy atom. The minimum atomic E-state index is 0. The summed E-state index contributed by atoms with van der Waals surface area (Å²) in [5.41, 5.74) is 6.13. The highest BCUT2D eigenvalue weighted by Gasteiger charge is 2.13. The molecule has 0 unspecified atom stereocenters. The molecule has 20 heavy (non-hydrogen) atoms. The first-order chi connectivity index (χ1) is 8.90. The first-order valence-electron chi connectivity index (χ1n) is 6.27. The van der Waals surface area contributed by atoms with Crippen LogP contribution in [0.4, 0.5) is 5.69 Å². The largest absolute Gasteiger partial charge is 0.492 e. The quantitative estimate of drug-likeness (QED) is 0.846. The molecule has 1 aromatic rings. The van der Waals surface area contributed by atoms with E-state index >= 15 is 0 Å². The Labute approximate surface area is 131 Å². The summed E-state index contributed by atoms with van der Waals surface area (Å²) in [6.45, 7) is 7.26. The average Bonchev–Trinajstić information content (AvgIpc) is 2.35. The number of halogens is 1. The molecule has 0 fully saturated rings. The first kappa shape index (κ1) is 19.1. The van der Waals surface area contributed by atoms with Crippen LogP contribution in [0.5, 0.6) is 5.75 Å². The fourth-order valence-corrected chi connectivity index (χ4v) is 1.93. The minimum absolute atomic E-state index is 0. The zero-order chi connectivity index (χ0) is 14.3. The van der Waals surface area contributed by atoms with Crippen LogP contribution in [0.15, 0.2) is 24.3 Å². The number of amides is 1. The van der Waals surface area contributed by atoms with E-state index in [1.165, 1.54) is 0 Å². The van der Waals surface area contributed by atoms with Gasteiger partial charge in [0.05, 0.1) is 5.75 Å². The van der Waals surface area contributed by atoms with Crippen molar-refractivity contribution in [2.24, 2.45) is 5.73 Å². The number of rotatable bonds is 6. The van der Waals surface area contributed by atoms with E-state index in [1.807, 2.05) is 24.3 Å². The Hall–Kier alpha value is -0.910. The highest BCUT2D eigenvalue weighted by atomic mass is 35.5. The van der Waals surface area contributed by atoms with Gasteiger partial charge in [0.1, 0.15) is 12.4 Å². The number of hydrogen-bond acceptors (Lipinski definition) is 4. The minimum Gasteiger partial charge on any atom is -0.492 e. The molecule has 0 saturated heterocycles. The van der Waals surface area contributed by atoms with Gasteiger partial charge in [0.25, 0.3) is 0 Å². The average molecular weight is 319 g/mol. The molecule has 0 heterocycles. The van der Waals surface area contributed by atoms with E-state index in [2.05, 4.69) is 26.1 Å². The predicted molar refractivity (Wildman–Crippen MR) is 89.1 cm³/mol. The van der Waals surface area contributed by atoms with Crippen molar-refractivity contribution in [2.75, 3.05) is 24.2 Å². The maximum absolute atomic E-state index is 11.7. The second kappa shape index (κ2) is 9.10. The van der Waals surface area contributed by atoms with Crippen LogP contribution in [0.2, 0.25) is 0 Å². The van der Waals surface area contributed by atoms with Gasteiger partial charge in [-0.25, -0.2) is 0 Å². The standard InChI is InChI=1S/C14H22N2O2S.ClH/c1-14(2,3)19-10-13(17)16-11-4-6-12(7-5-11)18-9-8-15;/h4-7H,8-10,15H2,1-3H3,(H,16,17);1H. The zero-order valence-electron chi connectivity index (χ0n) is 12.1. The molecule has 0 atom stereocenters. The summed E-state index contributed by atoms with van der Waals surface area (Å²) >= 11 is 1.62. The Bertz CT molecular complexity index is 405. The molecule has 0 bridgehead atoms. The molecule has 6 heteroatoms. The Kier molecular flexibility index (Phi) is 8.69. The molecule has 1 aromatic carbocycles. The first-order valence-corrected chi connectivity index (χ1v) is 7.26. The lowest BCUT2D eigenvalue weighted by Crippen LogP contribution is -2.18. The third-order valence-corrected chi connectivity index (χ3v) is 3.43. The maximum atomic E-state index is 11.7. The van der Waals surface area contributed by atoms with Gasteiger partial charge in [-0.15, -0.1) is 24.2 Å². The number of nitrogens with one attached hydrogen (secondary N) is 1. The molecule has 0 saturated carbocycles. The van der Waals surface area contributed by atoms with Crippen molar-refractivity contribution >= 4 is 35.8 Å².